The molecular weight excluding hydrogens is 326 g/mol. The lowest BCUT2D eigenvalue weighted by atomic mass is 10.2. The van der Waals surface area contributed by atoms with Gasteiger partial charge in [-0.25, -0.2) is 4.98 Å². The molecule has 0 spiro atoms. The summed E-state index contributed by atoms with van der Waals surface area (Å²) in [5.74, 6) is 0.297. The van der Waals surface area contributed by atoms with E-state index in [1.807, 2.05) is 12.1 Å². The van der Waals surface area contributed by atoms with E-state index in [-0.39, 0.29) is 11.0 Å². The zero-order valence-corrected chi connectivity index (χ0v) is 12.2. The Morgan fingerprint density at radius 1 is 1.16 bits per heavy atom. The van der Waals surface area contributed by atoms with Crippen molar-refractivity contribution in [2.75, 3.05) is 5.32 Å². The summed E-state index contributed by atoms with van der Waals surface area (Å²) in [7, 11) is 0. The number of hydrogen-bond acceptors (Lipinski definition) is 3. The van der Waals surface area contributed by atoms with Gasteiger partial charge in [-0.15, -0.1) is 0 Å². The van der Waals surface area contributed by atoms with E-state index >= 15 is 0 Å². The van der Waals surface area contributed by atoms with Crippen molar-refractivity contribution in [1.82, 2.24) is 10.3 Å². The number of hydrogen-bond donors (Lipinski definition) is 2. The first-order valence-corrected chi connectivity index (χ1v) is 6.65. The normalized spacial score (nSPS) is 9.74. The van der Waals surface area contributed by atoms with E-state index < -0.39 is 0 Å². The van der Waals surface area contributed by atoms with Gasteiger partial charge < -0.3 is 5.32 Å². The molecule has 1 aromatic heterocycles. The summed E-state index contributed by atoms with van der Waals surface area (Å²) in [6.07, 6.45) is 1.63. The van der Waals surface area contributed by atoms with Crippen LogP contribution in [0.15, 0.2) is 53.1 Å². The second-order valence-electron chi connectivity index (χ2n) is 3.61. The Bertz CT molecular complexity index is 604. The molecule has 0 aliphatic heterocycles. The Hall–Kier alpha value is -1.79. The van der Waals surface area contributed by atoms with Crippen molar-refractivity contribution < 1.29 is 4.79 Å². The summed E-state index contributed by atoms with van der Waals surface area (Å²) in [5.41, 5.74) is 0.548. The third-order valence-electron chi connectivity index (χ3n) is 2.25. The molecule has 4 nitrogen and oxygen atoms in total. The van der Waals surface area contributed by atoms with Gasteiger partial charge in [0.2, 0.25) is 0 Å². The molecule has 0 bridgehead atoms. The summed E-state index contributed by atoms with van der Waals surface area (Å²) < 4.78 is 0.770. The zero-order chi connectivity index (χ0) is 13.7. The number of halogens is 1. The molecule has 0 aliphatic rings. The Morgan fingerprint density at radius 2 is 1.89 bits per heavy atom. The first-order chi connectivity index (χ1) is 9.16. The highest BCUT2D eigenvalue weighted by Crippen LogP contribution is 2.17. The molecule has 96 valence electrons. The lowest BCUT2D eigenvalue weighted by Crippen LogP contribution is -2.34. The van der Waals surface area contributed by atoms with Crippen molar-refractivity contribution in [1.29, 1.82) is 0 Å². The first kappa shape index (κ1) is 13.6. The van der Waals surface area contributed by atoms with Crippen molar-refractivity contribution in [2.24, 2.45) is 0 Å². The van der Waals surface area contributed by atoms with Crippen LogP contribution in [-0.2, 0) is 0 Å². The molecule has 0 aliphatic carbocycles. The molecule has 2 N–H and O–H groups in total. The molecule has 0 saturated carbocycles. The fraction of sp³-hybridized carbons (Fsp3) is 0. The van der Waals surface area contributed by atoms with Gasteiger partial charge in [0.05, 0.1) is 4.47 Å². The van der Waals surface area contributed by atoms with Crippen LogP contribution in [0.5, 0.6) is 0 Å². The van der Waals surface area contributed by atoms with E-state index in [1.165, 1.54) is 0 Å². The monoisotopic (exact) mass is 335 g/mol. The van der Waals surface area contributed by atoms with E-state index in [4.69, 9.17) is 12.2 Å². The molecule has 2 rings (SSSR count). The van der Waals surface area contributed by atoms with Gasteiger partial charge in [0.25, 0.3) is 5.91 Å². The maximum absolute atomic E-state index is 11.9. The molecule has 1 aromatic carbocycles. The van der Waals surface area contributed by atoms with E-state index in [9.17, 15) is 4.79 Å². The second kappa shape index (κ2) is 6.40. The van der Waals surface area contributed by atoms with Crippen LogP contribution in [0.2, 0.25) is 0 Å². The van der Waals surface area contributed by atoms with Crippen molar-refractivity contribution in [3.63, 3.8) is 0 Å². The Morgan fingerprint density at radius 3 is 2.58 bits per heavy atom. The van der Waals surface area contributed by atoms with Crippen LogP contribution in [0, 0.1) is 0 Å². The van der Waals surface area contributed by atoms with Gasteiger partial charge in [0, 0.05) is 11.8 Å². The predicted molar refractivity (Wildman–Crippen MR) is 82.1 cm³/mol. The van der Waals surface area contributed by atoms with Gasteiger partial charge in [0.1, 0.15) is 5.82 Å². The molecule has 1 heterocycles. The van der Waals surface area contributed by atoms with Gasteiger partial charge in [-0.05, 0) is 52.4 Å². The van der Waals surface area contributed by atoms with Crippen LogP contribution in [0.3, 0.4) is 0 Å². The molecule has 0 unspecified atom stereocenters. The third kappa shape index (κ3) is 3.84. The molecule has 1 amide bonds. The molecular formula is C13H10BrN3OS. The van der Waals surface area contributed by atoms with E-state index in [2.05, 4.69) is 31.5 Å². The first-order valence-electron chi connectivity index (χ1n) is 5.45. The minimum absolute atomic E-state index is 0.202. The topological polar surface area (TPSA) is 54.0 Å². The van der Waals surface area contributed by atoms with Gasteiger partial charge >= 0.3 is 0 Å². The van der Waals surface area contributed by atoms with Gasteiger partial charge in [-0.3, -0.25) is 10.1 Å². The maximum atomic E-state index is 11.9. The third-order valence-corrected chi connectivity index (χ3v) is 3.10. The SMILES string of the molecule is O=C(NC(=S)Nc1ncccc1Br)c1ccccc1. The quantitative estimate of drug-likeness (QED) is 0.828. The number of nitrogens with one attached hydrogen (secondary N) is 2. The number of amides is 1. The average Bonchev–Trinajstić information content (AvgIpc) is 2.42. The van der Waals surface area contributed by atoms with Crippen molar-refractivity contribution in [3.05, 3.63) is 58.7 Å². The highest BCUT2D eigenvalue weighted by molar-refractivity contribution is 9.10. The standard InChI is InChI=1S/C13H10BrN3OS/c14-10-7-4-8-15-11(10)16-13(19)17-12(18)9-5-2-1-3-6-9/h1-8H,(H2,15,16,17,18,19). The largest absolute Gasteiger partial charge is 0.316 e. The van der Waals surface area contributed by atoms with Gasteiger partial charge in [-0.2, -0.15) is 0 Å². The maximum Gasteiger partial charge on any atom is 0.257 e. The summed E-state index contributed by atoms with van der Waals surface area (Å²) >= 11 is 8.41. The predicted octanol–water partition coefficient (Wildman–Crippen LogP) is 2.97. The summed E-state index contributed by atoms with van der Waals surface area (Å²) in [6, 6.07) is 12.5. The van der Waals surface area contributed by atoms with E-state index in [0.29, 0.717) is 11.4 Å². The smallest absolute Gasteiger partial charge is 0.257 e. The molecule has 6 heteroatoms. The Balaban J connectivity index is 1.99. The number of anilines is 1. The number of carbonyl (C=O) groups is 1. The summed E-state index contributed by atoms with van der Waals surface area (Å²) in [6.45, 7) is 0. The molecule has 0 saturated heterocycles. The fourth-order valence-electron chi connectivity index (χ4n) is 1.38. The van der Waals surface area contributed by atoms with Crippen LogP contribution in [-0.4, -0.2) is 16.0 Å². The Labute approximate surface area is 124 Å². The number of aromatic nitrogens is 1. The van der Waals surface area contributed by atoms with Crippen LogP contribution < -0.4 is 10.6 Å². The molecule has 0 atom stereocenters. The van der Waals surface area contributed by atoms with Crippen molar-refractivity contribution >= 4 is 45.0 Å². The average molecular weight is 336 g/mol. The lowest BCUT2D eigenvalue weighted by Gasteiger charge is -2.09. The summed E-state index contributed by atoms with van der Waals surface area (Å²) in [5, 5.41) is 5.65. The van der Waals surface area contributed by atoms with Gasteiger partial charge in [-0.1, -0.05) is 18.2 Å². The fourth-order valence-corrected chi connectivity index (χ4v) is 1.92. The van der Waals surface area contributed by atoms with Gasteiger partial charge in [0.15, 0.2) is 5.11 Å². The van der Waals surface area contributed by atoms with Crippen LogP contribution in [0.1, 0.15) is 10.4 Å². The highest BCUT2D eigenvalue weighted by atomic mass is 79.9. The number of carbonyl (C=O) groups excluding carboxylic acids is 1. The lowest BCUT2D eigenvalue weighted by molar-refractivity contribution is 0.0978. The number of benzene rings is 1. The minimum atomic E-state index is -0.259. The van der Waals surface area contributed by atoms with Crippen molar-refractivity contribution in [2.45, 2.75) is 0 Å². The van der Waals surface area contributed by atoms with Crippen LogP contribution in [0.25, 0.3) is 0 Å². The Kier molecular flexibility index (Phi) is 4.59. The van der Waals surface area contributed by atoms with E-state index in [0.717, 1.165) is 4.47 Å². The minimum Gasteiger partial charge on any atom is -0.316 e. The number of nitrogens with zero attached hydrogens (tertiary/aromatic N) is 1. The molecule has 19 heavy (non-hydrogen) atoms. The summed E-state index contributed by atoms with van der Waals surface area (Å²) in [4.78, 5) is 16.0. The zero-order valence-electron chi connectivity index (χ0n) is 9.76. The number of rotatable bonds is 2. The highest BCUT2D eigenvalue weighted by Gasteiger charge is 2.08. The number of pyridine rings is 1. The van der Waals surface area contributed by atoms with Crippen LogP contribution in [0.4, 0.5) is 5.82 Å². The molecule has 0 fully saturated rings. The van der Waals surface area contributed by atoms with Crippen LogP contribution >= 0.6 is 28.1 Å². The second-order valence-corrected chi connectivity index (χ2v) is 4.87. The molecule has 0 radical (unpaired) electrons. The number of thiocarbonyl (C=S) groups is 1. The van der Waals surface area contributed by atoms with Crippen molar-refractivity contribution in [3.8, 4) is 0 Å². The van der Waals surface area contributed by atoms with E-state index in [1.54, 1.807) is 36.5 Å². The molecule has 2 aromatic rings.